The van der Waals surface area contributed by atoms with Crippen LogP contribution in [0.25, 0.3) is 11.4 Å². The van der Waals surface area contributed by atoms with Crippen LogP contribution in [0.3, 0.4) is 0 Å². The number of unbranched alkanes of at least 4 members (excludes halogenated alkanes) is 2. The van der Waals surface area contributed by atoms with Gasteiger partial charge in [-0.3, -0.25) is 14.5 Å². The topological polar surface area (TPSA) is 117 Å². The van der Waals surface area contributed by atoms with Crippen molar-refractivity contribution in [2.75, 3.05) is 59.7 Å². The zero-order valence-electron chi connectivity index (χ0n) is 29.2. The zero-order valence-corrected chi connectivity index (χ0v) is 29.2. The molecule has 11 heteroatoms. The first-order valence-electron chi connectivity index (χ1n) is 17.8. The van der Waals surface area contributed by atoms with E-state index in [-0.39, 0.29) is 29.5 Å². The summed E-state index contributed by atoms with van der Waals surface area (Å²) in [5, 5.41) is 10.4. The van der Waals surface area contributed by atoms with Crippen LogP contribution >= 0.6 is 0 Å². The highest BCUT2D eigenvalue weighted by atomic mass is 16.5. The molecule has 1 N–H and O–H groups in total. The van der Waals surface area contributed by atoms with Gasteiger partial charge in [-0.15, -0.1) is 0 Å². The van der Waals surface area contributed by atoms with E-state index in [2.05, 4.69) is 18.7 Å². The van der Waals surface area contributed by atoms with Crippen LogP contribution < -0.4 is 0 Å². The second-order valence-electron chi connectivity index (χ2n) is 12.9. The molecule has 1 saturated heterocycles. The van der Waals surface area contributed by atoms with E-state index in [4.69, 9.17) is 14.5 Å². The van der Waals surface area contributed by atoms with Gasteiger partial charge in [-0.1, -0.05) is 51.0 Å². The van der Waals surface area contributed by atoms with Crippen molar-refractivity contribution in [2.24, 2.45) is 0 Å². The predicted octanol–water partition coefficient (Wildman–Crippen LogP) is 4.66. The van der Waals surface area contributed by atoms with E-state index >= 15 is 0 Å². The molecule has 0 radical (unpaired) electrons. The summed E-state index contributed by atoms with van der Waals surface area (Å²) in [6, 6.07) is 12.4. The minimum Gasteiger partial charge on any atom is -0.465 e. The van der Waals surface area contributed by atoms with Crippen molar-refractivity contribution in [1.82, 2.24) is 24.3 Å². The predicted molar refractivity (Wildman–Crippen MR) is 187 cm³/mol. The Morgan fingerprint density at radius 2 is 1.69 bits per heavy atom. The molecule has 1 atom stereocenters. The third-order valence-electron chi connectivity index (χ3n) is 9.56. The first kappa shape index (κ1) is 36.2. The minimum absolute atomic E-state index is 0.123. The molecule has 1 fully saturated rings. The Labute approximate surface area is 289 Å². The molecule has 0 spiro atoms. The molecule has 49 heavy (non-hydrogen) atoms. The Bertz CT molecular complexity index is 1570. The Kier molecular flexibility index (Phi) is 13.0. The maximum absolute atomic E-state index is 14.6. The highest BCUT2D eigenvalue weighted by molar-refractivity contribution is 6.03. The molecule has 2 aliphatic rings. The fourth-order valence-electron chi connectivity index (χ4n) is 6.67. The quantitative estimate of drug-likeness (QED) is 0.232. The number of aryl methyl sites for hydroxylation is 1. The summed E-state index contributed by atoms with van der Waals surface area (Å²) >= 11 is 0. The lowest BCUT2D eigenvalue weighted by Gasteiger charge is -2.36. The fraction of sp³-hybridized carbons (Fsp3) is 0.526. The van der Waals surface area contributed by atoms with Gasteiger partial charge in [0.1, 0.15) is 11.5 Å². The van der Waals surface area contributed by atoms with Gasteiger partial charge in [-0.05, 0) is 55.0 Å². The molecule has 0 saturated carbocycles. The van der Waals surface area contributed by atoms with Crippen molar-refractivity contribution in [2.45, 2.75) is 71.5 Å². The maximum atomic E-state index is 14.6. The SMILES string of the molecule is CCCCN(CCCC)C(=O)c1cn(CCCN2CCOCC2)c(-c2ccc(C(=O)OC)cc2C(=O)N2Cc3ccccc3CC2CO)n1. The summed E-state index contributed by atoms with van der Waals surface area (Å²) < 4.78 is 12.5. The van der Waals surface area contributed by atoms with Crippen LogP contribution in [0, 0.1) is 0 Å². The number of methoxy groups -OCH3 is 1. The number of carbonyl (C=O) groups excluding carboxylic acids is 3. The van der Waals surface area contributed by atoms with Gasteiger partial charge in [0.2, 0.25) is 0 Å². The highest BCUT2D eigenvalue weighted by Gasteiger charge is 2.33. The van der Waals surface area contributed by atoms with E-state index in [1.165, 1.54) is 7.11 Å². The molecule has 1 unspecified atom stereocenters. The Morgan fingerprint density at radius 3 is 2.37 bits per heavy atom. The molecule has 0 bridgehead atoms. The third-order valence-corrected chi connectivity index (χ3v) is 9.56. The van der Waals surface area contributed by atoms with Crippen LogP contribution in [-0.4, -0.2) is 113 Å². The average Bonchev–Trinajstić information content (AvgIpc) is 3.57. The minimum atomic E-state index is -0.560. The number of fused-ring (bicyclic) bond motifs is 1. The van der Waals surface area contributed by atoms with Crippen LogP contribution in [-0.2, 0) is 29.0 Å². The number of ether oxygens (including phenoxy) is 2. The van der Waals surface area contributed by atoms with Crippen molar-refractivity contribution in [3.63, 3.8) is 0 Å². The summed E-state index contributed by atoms with van der Waals surface area (Å²) in [7, 11) is 1.31. The van der Waals surface area contributed by atoms with Crippen molar-refractivity contribution < 1.29 is 29.0 Å². The van der Waals surface area contributed by atoms with Crippen LogP contribution in [0.5, 0.6) is 0 Å². The molecule has 0 aliphatic carbocycles. The average molecular weight is 674 g/mol. The molecule has 2 amide bonds. The van der Waals surface area contributed by atoms with Crippen LogP contribution in [0.1, 0.15) is 88.3 Å². The van der Waals surface area contributed by atoms with Gasteiger partial charge in [0, 0.05) is 57.6 Å². The number of nitrogens with zero attached hydrogens (tertiary/aromatic N) is 5. The third kappa shape index (κ3) is 8.76. The summed E-state index contributed by atoms with van der Waals surface area (Å²) in [6.45, 7) is 10.3. The van der Waals surface area contributed by atoms with E-state index in [9.17, 15) is 19.5 Å². The van der Waals surface area contributed by atoms with Crippen molar-refractivity contribution >= 4 is 17.8 Å². The number of amides is 2. The van der Waals surface area contributed by atoms with Gasteiger partial charge >= 0.3 is 5.97 Å². The number of aliphatic hydroxyl groups is 1. The number of hydrogen-bond donors (Lipinski definition) is 1. The van der Waals surface area contributed by atoms with Crippen molar-refractivity contribution in [3.05, 3.63) is 76.6 Å². The zero-order chi connectivity index (χ0) is 34.8. The van der Waals surface area contributed by atoms with E-state index < -0.39 is 12.0 Å². The largest absolute Gasteiger partial charge is 0.465 e. The van der Waals surface area contributed by atoms with E-state index in [0.29, 0.717) is 62.9 Å². The normalized spacial score (nSPS) is 16.3. The van der Waals surface area contributed by atoms with Gasteiger partial charge in [-0.2, -0.15) is 0 Å². The van der Waals surface area contributed by atoms with Gasteiger partial charge in [-0.25, -0.2) is 9.78 Å². The number of imidazole rings is 1. The van der Waals surface area contributed by atoms with Gasteiger partial charge in [0.15, 0.2) is 0 Å². The lowest BCUT2D eigenvalue weighted by Crippen LogP contribution is -2.46. The number of aromatic nitrogens is 2. The first-order chi connectivity index (χ1) is 23.9. The molecule has 5 rings (SSSR count). The lowest BCUT2D eigenvalue weighted by molar-refractivity contribution is 0.0369. The standard InChI is InChI=1S/C38H51N5O6/c1-4-6-16-41(17-7-5-2)37(46)34-26-42(18-10-15-40-19-21-49-22-20-40)35(39-34)32-14-13-29(38(47)48-3)24-33(32)36(45)43-25-30-12-9-8-11-28(30)23-31(43)27-44/h8-9,11-14,24,26,31,44H,4-7,10,15-23,25,27H2,1-3H3. The number of rotatable bonds is 15. The molecule has 2 aromatic carbocycles. The summed E-state index contributed by atoms with van der Waals surface area (Å²) in [5.41, 5.74) is 3.48. The lowest BCUT2D eigenvalue weighted by atomic mass is 9.92. The van der Waals surface area contributed by atoms with Gasteiger partial charge < -0.3 is 28.9 Å². The summed E-state index contributed by atoms with van der Waals surface area (Å²) in [6.07, 6.45) is 6.91. The smallest absolute Gasteiger partial charge is 0.337 e. The fourth-order valence-corrected chi connectivity index (χ4v) is 6.67. The molecular weight excluding hydrogens is 622 g/mol. The van der Waals surface area contributed by atoms with Gasteiger partial charge in [0.25, 0.3) is 11.8 Å². The molecule has 264 valence electrons. The summed E-state index contributed by atoms with van der Waals surface area (Å²) in [4.78, 5) is 52.2. The summed E-state index contributed by atoms with van der Waals surface area (Å²) in [5.74, 6) is -0.510. The van der Waals surface area contributed by atoms with Crippen molar-refractivity contribution in [3.8, 4) is 11.4 Å². The van der Waals surface area contributed by atoms with Crippen LogP contribution in [0.2, 0.25) is 0 Å². The number of hydrogen-bond acceptors (Lipinski definition) is 8. The Hall–Kier alpha value is -4.06. The van der Waals surface area contributed by atoms with Gasteiger partial charge in [0.05, 0.1) is 44.1 Å². The second-order valence-corrected chi connectivity index (χ2v) is 12.9. The van der Waals surface area contributed by atoms with Crippen molar-refractivity contribution in [1.29, 1.82) is 0 Å². The molecule has 11 nitrogen and oxygen atoms in total. The number of benzene rings is 2. The molecule has 2 aliphatic heterocycles. The van der Waals surface area contributed by atoms with E-state index in [1.807, 2.05) is 39.9 Å². The first-order valence-corrected chi connectivity index (χ1v) is 17.8. The Morgan fingerprint density at radius 1 is 0.980 bits per heavy atom. The van der Waals surface area contributed by atoms with Crippen LogP contribution in [0.15, 0.2) is 48.7 Å². The van der Waals surface area contributed by atoms with E-state index in [0.717, 1.165) is 62.9 Å². The second kappa shape index (κ2) is 17.6. The Balaban J connectivity index is 1.56. The highest BCUT2D eigenvalue weighted by Crippen LogP contribution is 2.31. The molecule has 3 heterocycles. The molecule has 3 aromatic rings. The molecular formula is C38H51N5O6. The number of carbonyl (C=O) groups is 3. The number of aliphatic hydroxyl groups excluding tert-OH is 1. The van der Waals surface area contributed by atoms with E-state index in [1.54, 1.807) is 23.1 Å². The monoisotopic (exact) mass is 673 g/mol. The molecule has 1 aromatic heterocycles. The maximum Gasteiger partial charge on any atom is 0.337 e. The number of esters is 1. The van der Waals surface area contributed by atoms with Crippen LogP contribution in [0.4, 0.5) is 0 Å². The number of morpholine rings is 1.